The molecule has 1 aliphatic heterocycles. The molecule has 8 heteroatoms. The molecule has 0 bridgehead atoms. The molecule has 4 rings (SSSR count). The maximum absolute atomic E-state index is 13.2. The number of nitrogens with one attached hydrogen (secondary N) is 1. The van der Waals surface area contributed by atoms with Gasteiger partial charge in [0.15, 0.2) is 5.17 Å². The van der Waals surface area contributed by atoms with Crippen molar-refractivity contribution in [2.75, 3.05) is 4.90 Å². The number of aromatic nitrogens is 2. The van der Waals surface area contributed by atoms with Crippen LogP contribution in [0.15, 0.2) is 64.3 Å². The van der Waals surface area contributed by atoms with E-state index in [0.717, 1.165) is 22.2 Å². The number of carbonyl (C=O) groups is 1. The van der Waals surface area contributed by atoms with E-state index in [4.69, 9.17) is 5.41 Å². The molecule has 1 aromatic heterocycles. The second-order valence-corrected chi connectivity index (χ2v) is 7.59. The summed E-state index contributed by atoms with van der Waals surface area (Å²) in [5.41, 5.74) is 1.80. The first-order valence-corrected chi connectivity index (χ1v) is 9.65. The Morgan fingerprint density at radius 3 is 2.34 bits per heavy atom. The second kappa shape index (κ2) is 7.14. The lowest BCUT2D eigenvalue weighted by atomic mass is 10.2. The number of phenols is 1. The van der Waals surface area contributed by atoms with Gasteiger partial charge < -0.3 is 5.11 Å². The average molecular weight is 406 g/mol. The number of carbonyl (C=O) groups excluding carboxylic acids is 1. The summed E-state index contributed by atoms with van der Waals surface area (Å²) in [5, 5.41) is 17.7. The van der Waals surface area contributed by atoms with E-state index in [2.05, 4.69) is 0 Å². The molecule has 2 heterocycles. The number of thioether (sulfide) groups is 1. The van der Waals surface area contributed by atoms with Crippen LogP contribution in [0.25, 0.3) is 11.8 Å². The number of rotatable bonds is 3. The van der Waals surface area contributed by atoms with Gasteiger partial charge in [-0.15, -0.1) is 0 Å². The third kappa shape index (κ3) is 3.17. The summed E-state index contributed by atoms with van der Waals surface area (Å²) in [5.74, 6) is -0.285. The van der Waals surface area contributed by atoms with Crippen molar-refractivity contribution in [2.24, 2.45) is 7.05 Å². The highest BCUT2D eigenvalue weighted by Crippen LogP contribution is 2.35. The molecule has 0 aliphatic carbocycles. The molecule has 7 nitrogen and oxygen atoms in total. The summed E-state index contributed by atoms with van der Waals surface area (Å²) < 4.78 is 3.16. The van der Waals surface area contributed by atoms with E-state index in [-0.39, 0.29) is 22.2 Å². The number of amidine groups is 1. The van der Waals surface area contributed by atoms with Gasteiger partial charge in [-0.25, -0.2) is 9.58 Å². The molecule has 1 amide bonds. The van der Waals surface area contributed by atoms with Crippen molar-refractivity contribution in [3.63, 3.8) is 0 Å². The molecular formula is C21H18N4O3S. The molecule has 29 heavy (non-hydrogen) atoms. The molecule has 146 valence electrons. The van der Waals surface area contributed by atoms with E-state index in [9.17, 15) is 14.7 Å². The summed E-state index contributed by atoms with van der Waals surface area (Å²) in [4.78, 5) is 27.7. The minimum absolute atomic E-state index is 0.0222. The topological polar surface area (TPSA) is 91.3 Å². The van der Waals surface area contributed by atoms with Crippen LogP contribution < -0.4 is 10.5 Å². The maximum atomic E-state index is 13.2. The normalized spacial score (nSPS) is 15.5. The standard InChI is InChI=1S/C21H18N4O3S/c1-13-18(20(28)25(23(13)2)15-6-4-3-5-7-15)24-19(27)17(29-21(24)22)12-14-8-10-16(26)11-9-14/h3-12,22,26H,1-2H3/b17-12-,22-21?. The molecule has 0 atom stereocenters. The summed E-state index contributed by atoms with van der Waals surface area (Å²) in [7, 11) is 1.75. The predicted molar refractivity (Wildman–Crippen MR) is 115 cm³/mol. The van der Waals surface area contributed by atoms with Gasteiger partial charge in [-0.05, 0) is 54.6 Å². The molecule has 0 radical (unpaired) electrons. The van der Waals surface area contributed by atoms with Crippen LogP contribution in [-0.2, 0) is 11.8 Å². The fourth-order valence-electron chi connectivity index (χ4n) is 3.22. The molecule has 2 N–H and O–H groups in total. The van der Waals surface area contributed by atoms with E-state index in [1.807, 2.05) is 30.3 Å². The number of nitrogens with zero attached hydrogens (tertiary/aromatic N) is 3. The van der Waals surface area contributed by atoms with Crippen LogP contribution in [0.4, 0.5) is 5.69 Å². The number of anilines is 1. The zero-order valence-corrected chi connectivity index (χ0v) is 16.6. The first kappa shape index (κ1) is 18.8. The minimum atomic E-state index is -0.418. The molecule has 3 aromatic rings. The summed E-state index contributed by atoms with van der Waals surface area (Å²) in [6.45, 7) is 1.75. The monoisotopic (exact) mass is 406 g/mol. The van der Waals surface area contributed by atoms with Gasteiger partial charge in [0.1, 0.15) is 11.4 Å². The van der Waals surface area contributed by atoms with Gasteiger partial charge in [0.2, 0.25) is 0 Å². The van der Waals surface area contributed by atoms with Crippen molar-refractivity contribution in [1.29, 1.82) is 5.41 Å². The van der Waals surface area contributed by atoms with Gasteiger partial charge in [-0.3, -0.25) is 19.7 Å². The number of hydrogen-bond donors (Lipinski definition) is 2. The largest absolute Gasteiger partial charge is 0.508 e. The Morgan fingerprint density at radius 1 is 1.03 bits per heavy atom. The highest BCUT2D eigenvalue weighted by atomic mass is 32.2. The summed E-state index contributed by atoms with van der Waals surface area (Å²) >= 11 is 1.00. The molecule has 0 unspecified atom stereocenters. The third-order valence-electron chi connectivity index (χ3n) is 4.76. The van der Waals surface area contributed by atoms with Crippen molar-refractivity contribution in [3.8, 4) is 11.4 Å². The van der Waals surface area contributed by atoms with Crippen molar-refractivity contribution < 1.29 is 9.90 Å². The lowest BCUT2D eigenvalue weighted by molar-refractivity contribution is -0.113. The van der Waals surface area contributed by atoms with Crippen molar-refractivity contribution in [3.05, 3.63) is 81.1 Å². The Hall–Kier alpha value is -3.52. The Balaban J connectivity index is 1.78. The first-order chi connectivity index (χ1) is 13.9. The average Bonchev–Trinajstić information content (AvgIpc) is 3.10. The van der Waals surface area contributed by atoms with Crippen molar-refractivity contribution >= 4 is 34.6 Å². The summed E-state index contributed by atoms with van der Waals surface area (Å²) in [6, 6.07) is 15.6. The van der Waals surface area contributed by atoms with Crippen LogP contribution in [-0.4, -0.2) is 25.5 Å². The molecule has 1 fully saturated rings. The second-order valence-electron chi connectivity index (χ2n) is 6.56. The lowest BCUT2D eigenvalue weighted by Gasteiger charge is -2.12. The Morgan fingerprint density at radius 2 is 1.69 bits per heavy atom. The number of aromatic hydroxyl groups is 1. The van der Waals surface area contributed by atoms with Gasteiger partial charge in [-0.2, -0.15) is 0 Å². The van der Waals surface area contributed by atoms with E-state index >= 15 is 0 Å². The third-order valence-corrected chi connectivity index (χ3v) is 5.65. The Labute approximate surface area is 171 Å². The van der Waals surface area contributed by atoms with E-state index < -0.39 is 5.91 Å². The van der Waals surface area contributed by atoms with Crippen LogP contribution in [0.5, 0.6) is 5.75 Å². The Kier molecular flexibility index (Phi) is 4.63. The van der Waals surface area contributed by atoms with Crippen LogP contribution in [0.2, 0.25) is 0 Å². The van der Waals surface area contributed by atoms with Crippen molar-refractivity contribution in [1.82, 2.24) is 9.36 Å². The van der Waals surface area contributed by atoms with E-state index in [0.29, 0.717) is 16.3 Å². The van der Waals surface area contributed by atoms with Gasteiger partial charge in [0.25, 0.3) is 11.5 Å². The van der Waals surface area contributed by atoms with Crippen LogP contribution in [0, 0.1) is 12.3 Å². The SMILES string of the molecule is Cc1c(N2C(=N)S/C(=C\c3ccc(O)cc3)C2=O)c(=O)n(-c2ccccc2)n1C. The highest BCUT2D eigenvalue weighted by Gasteiger charge is 2.37. The molecular weight excluding hydrogens is 388 g/mol. The number of hydrogen-bond acceptors (Lipinski definition) is 5. The van der Waals surface area contributed by atoms with Gasteiger partial charge >= 0.3 is 0 Å². The number of benzene rings is 2. The first-order valence-electron chi connectivity index (χ1n) is 8.84. The maximum Gasteiger partial charge on any atom is 0.296 e. The number of amides is 1. The Bertz CT molecular complexity index is 1210. The number of phenolic OH excluding ortho intramolecular Hbond substituents is 1. The fourth-order valence-corrected chi connectivity index (χ4v) is 4.07. The molecule has 2 aromatic carbocycles. The van der Waals surface area contributed by atoms with Gasteiger partial charge in [0.05, 0.1) is 16.3 Å². The smallest absolute Gasteiger partial charge is 0.296 e. The molecule has 1 aliphatic rings. The molecule has 0 spiro atoms. The van der Waals surface area contributed by atoms with E-state index in [1.54, 1.807) is 36.9 Å². The van der Waals surface area contributed by atoms with E-state index in [1.165, 1.54) is 16.8 Å². The van der Waals surface area contributed by atoms with Crippen LogP contribution in [0.3, 0.4) is 0 Å². The zero-order chi connectivity index (χ0) is 20.7. The van der Waals surface area contributed by atoms with Gasteiger partial charge in [-0.1, -0.05) is 30.3 Å². The van der Waals surface area contributed by atoms with Gasteiger partial charge in [0, 0.05) is 7.05 Å². The quantitative estimate of drug-likeness (QED) is 0.653. The zero-order valence-electron chi connectivity index (χ0n) is 15.8. The van der Waals surface area contributed by atoms with Crippen LogP contribution in [0.1, 0.15) is 11.3 Å². The predicted octanol–water partition coefficient (Wildman–Crippen LogP) is 3.25. The molecule has 1 saturated heterocycles. The fraction of sp³-hybridized carbons (Fsp3) is 0.0952. The summed E-state index contributed by atoms with van der Waals surface area (Å²) in [6.07, 6.45) is 1.65. The van der Waals surface area contributed by atoms with Crippen molar-refractivity contribution in [2.45, 2.75) is 6.92 Å². The lowest BCUT2D eigenvalue weighted by Crippen LogP contribution is -2.33. The molecule has 0 saturated carbocycles. The number of para-hydroxylation sites is 1. The highest BCUT2D eigenvalue weighted by molar-refractivity contribution is 8.19. The minimum Gasteiger partial charge on any atom is -0.508 e. The van der Waals surface area contributed by atoms with Crippen LogP contribution >= 0.6 is 11.8 Å².